The molecule has 0 aromatic heterocycles. The standard InChI is InChI=1S/C15H12Cl3NO/c16-11-4-6-13(7-5-11)19-15(20)8-2-10-1-3-12(17)9-14(10)18/h1,3-7,9H,2,8H2,(H,19,20). The van der Waals surface area contributed by atoms with Gasteiger partial charge >= 0.3 is 0 Å². The molecule has 0 aliphatic rings. The van der Waals surface area contributed by atoms with Gasteiger partial charge in [-0.25, -0.2) is 0 Å². The van der Waals surface area contributed by atoms with E-state index in [1.54, 1.807) is 36.4 Å². The van der Waals surface area contributed by atoms with Crippen LogP contribution in [0.1, 0.15) is 12.0 Å². The minimum absolute atomic E-state index is 0.0710. The van der Waals surface area contributed by atoms with E-state index in [4.69, 9.17) is 34.8 Å². The number of anilines is 1. The lowest BCUT2D eigenvalue weighted by Gasteiger charge is -2.07. The van der Waals surface area contributed by atoms with Crippen molar-refractivity contribution in [3.63, 3.8) is 0 Å². The summed E-state index contributed by atoms with van der Waals surface area (Å²) in [6.45, 7) is 0. The van der Waals surface area contributed by atoms with E-state index < -0.39 is 0 Å². The van der Waals surface area contributed by atoms with Gasteiger partial charge in [0.05, 0.1) is 0 Å². The maximum Gasteiger partial charge on any atom is 0.224 e. The molecule has 2 aromatic rings. The minimum Gasteiger partial charge on any atom is -0.326 e. The summed E-state index contributed by atoms with van der Waals surface area (Å²) in [4.78, 5) is 11.8. The molecule has 2 nitrogen and oxygen atoms in total. The van der Waals surface area contributed by atoms with Crippen LogP contribution in [0.15, 0.2) is 42.5 Å². The van der Waals surface area contributed by atoms with Crippen LogP contribution in [0.4, 0.5) is 5.69 Å². The normalized spacial score (nSPS) is 10.3. The first-order valence-electron chi connectivity index (χ1n) is 6.04. The summed E-state index contributed by atoms with van der Waals surface area (Å²) < 4.78 is 0. The van der Waals surface area contributed by atoms with Crippen LogP contribution in [0.3, 0.4) is 0 Å². The summed E-state index contributed by atoms with van der Waals surface area (Å²) in [6.07, 6.45) is 0.916. The fourth-order valence-corrected chi connectivity index (χ4v) is 2.36. The Bertz CT molecular complexity index is 611. The van der Waals surface area contributed by atoms with Crippen LogP contribution in [0.25, 0.3) is 0 Å². The van der Waals surface area contributed by atoms with Gasteiger partial charge in [-0.2, -0.15) is 0 Å². The van der Waals surface area contributed by atoms with Crippen LogP contribution in [0.5, 0.6) is 0 Å². The Morgan fingerprint density at radius 2 is 1.60 bits per heavy atom. The van der Waals surface area contributed by atoms with Crippen LogP contribution < -0.4 is 5.32 Å². The molecular formula is C15H12Cl3NO. The molecule has 0 saturated carbocycles. The van der Waals surface area contributed by atoms with Crippen molar-refractivity contribution in [1.29, 1.82) is 0 Å². The fourth-order valence-electron chi connectivity index (χ4n) is 1.73. The second-order valence-corrected chi connectivity index (χ2v) is 5.57. The quantitative estimate of drug-likeness (QED) is 0.819. The van der Waals surface area contributed by atoms with Gasteiger partial charge in [0.1, 0.15) is 0 Å². The van der Waals surface area contributed by atoms with Gasteiger partial charge in [-0.05, 0) is 48.4 Å². The summed E-state index contributed by atoms with van der Waals surface area (Å²) in [5.74, 6) is -0.0710. The zero-order valence-electron chi connectivity index (χ0n) is 10.5. The molecule has 0 atom stereocenters. The third-order valence-corrected chi connectivity index (χ3v) is 3.60. The maximum absolute atomic E-state index is 11.8. The van der Waals surface area contributed by atoms with E-state index in [2.05, 4.69) is 5.32 Å². The molecule has 0 unspecified atom stereocenters. The fraction of sp³-hybridized carbons (Fsp3) is 0.133. The number of benzene rings is 2. The van der Waals surface area contributed by atoms with Gasteiger partial charge in [-0.3, -0.25) is 4.79 Å². The molecule has 5 heteroatoms. The number of aryl methyl sites for hydroxylation is 1. The number of amides is 1. The average molecular weight is 329 g/mol. The van der Waals surface area contributed by atoms with Crippen molar-refractivity contribution in [2.75, 3.05) is 5.32 Å². The largest absolute Gasteiger partial charge is 0.326 e. The lowest BCUT2D eigenvalue weighted by atomic mass is 10.1. The number of halogens is 3. The molecule has 0 bridgehead atoms. The summed E-state index contributed by atoms with van der Waals surface area (Å²) in [7, 11) is 0. The summed E-state index contributed by atoms with van der Waals surface area (Å²) in [5.41, 5.74) is 1.63. The zero-order valence-corrected chi connectivity index (χ0v) is 12.8. The van der Waals surface area contributed by atoms with Crippen molar-refractivity contribution < 1.29 is 4.79 Å². The number of nitrogens with one attached hydrogen (secondary N) is 1. The molecule has 1 N–H and O–H groups in total. The number of rotatable bonds is 4. The van der Waals surface area contributed by atoms with Gasteiger partial charge < -0.3 is 5.32 Å². The maximum atomic E-state index is 11.8. The third kappa shape index (κ3) is 4.41. The molecule has 0 radical (unpaired) electrons. The molecular weight excluding hydrogens is 317 g/mol. The van der Waals surface area contributed by atoms with E-state index in [0.717, 1.165) is 11.3 Å². The number of carbonyl (C=O) groups excluding carboxylic acids is 1. The average Bonchev–Trinajstić information content (AvgIpc) is 2.40. The van der Waals surface area contributed by atoms with Crippen LogP contribution in [-0.2, 0) is 11.2 Å². The zero-order chi connectivity index (χ0) is 14.5. The van der Waals surface area contributed by atoms with Gasteiger partial charge in [-0.15, -0.1) is 0 Å². The van der Waals surface area contributed by atoms with Crippen LogP contribution in [0.2, 0.25) is 15.1 Å². The highest BCUT2D eigenvalue weighted by Crippen LogP contribution is 2.22. The Kier molecular flexibility index (Phi) is 5.30. The highest BCUT2D eigenvalue weighted by atomic mass is 35.5. The summed E-state index contributed by atoms with van der Waals surface area (Å²) in [6, 6.07) is 12.3. The molecule has 0 aliphatic heterocycles. The molecule has 0 fully saturated rings. The number of hydrogen-bond donors (Lipinski definition) is 1. The highest BCUT2D eigenvalue weighted by molar-refractivity contribution is 6.35. The summed E-state index contributed by atoms with van der Waals surface area (Å²) >= 11 is 17.7. The summed E-state index contributed by atoms with van der Waals surface area (Å²) in [5, 5.41) is 4.61. The van der Waals surface area contributed by atoms with Gasteiger partial charge in [0.25, 0.3) is 0 Å². The molecule has 0 saturated heterocycles. The Hall–Kier alpha value is -1.22. The minimum atomic E-state index is -0.0710. The van der Waals surface area contributed by atoms with E-state index >= 15 is 0 Å². The Morgan fingerprint density at radius 1 is 0.950 bits per heavy atom. The lowest BCUT2D eigenvalue weighted by molar-refractivity contribution is -0.116. The Balaban J connectivity index is 1.90. The SMILES string of the molecule is O=C(CCc1ccc(Cl)cc1Cl)Nc1ccc(Cl)cc1. The predicted octanol–water partition coefficient (Wildman–Crippen LogP) is 5.22. The van der Waals surface area contributed by atoms with Gasteiger partial charge in [-0.1, -0.05) is 40.9 Å². The molecule has 20 heavy (non-hydrogen) atoms. The van der Waals surface area contributed by atoms with Crippen LogP contribution in [-0.4, -0.2) is 5.91 Å². The lowest BCUT2D eigenvalue weighted by Crippen LogP contribution is -2.12. The van der Waals surface area contributed by atoms with E-state index in [1.165, 1.54) is 0 Å². The van der Waals surface area contributed by atoms with Gasteiger partial charge in [0.2, 0.25) is 5.91 Å². The van der Waals surface area contributed by atoms with Gasteiger partial charge in [0.15, 0.2) is 0 Å². The topological polar surface area (TPSA) is 29.1 Å². The molecule has 2 rings (SSSR count). The molecule has 0 spiro atoms. The van der Waals surface area contributed by atoms with Crippen molar-refractivity contribution in [3.05, 3.63) is 63.1 Å². The first-order chi connectivity index (χ1) is 9.54. The van der Waals surface area contributed by atoms with Gasteiger partial charge in [0, 0.05) is 27.2 Å². The molecule has 1 amide bonds. The van der Waals surface area contributed by atoms with Crippen molar-refractivity contribution in [2.24, 2.45) is 0 Å². The molecule has 0 heterocycles. The second kappa shape index (κ2) is 6.98. The number of hydrogen-bond acceptors (Lipinski definition) is 1. The van der Waals surface area contributed by atoms with Crippen LogP contribution in [0, 0.1) is 0 Å². The number of carbonyl (C=O) groups is 1. The molecule has 104 valence electrons. The van der Waals surface area contributed by atoms with Crippen molar-refractivity contribution in [3.8, 4) is 0 Å². The van der Waals surface area contributed by atoms with Crippen LogP contribution >= 0.6 is 34.8 Å². The first-order valence-corrected chi connectivity index (χ1v) is 7.17. The highest BCUT2D eigenvalue weighted by Gasteiger charge is 2.06. The Morgan fingerprint density at radius 3 is 2.25 bits per heavy atom. The molecule has 2 aromatic carbocycles. The smallest absolute Gasteiger partial charge is 0.224 e. The van der Waals surface area contributed by atoms with E-state index in [9.17, 15) is 4.79 Å². The van der Waals surface area contributed by atoms with Crippen molar-refractivity contribution in [1.82, 2.24) is 0 Å². The molecule has 0 aliphatic carbocycles. The van der Waals surface area contributed by atoms with E-state index in [-0.39, 0.29) is 5.91 Å². The third-order valence-electron chi connectivity index (χ3n) is 2.76. The van der Waals surface area contributed by atoms with E-state index in [0.29, 0.717) is 27.9 Å². The van der Waals surface area contributed by atoms with Crippen molar-refractivity contribution in [2.45, 2.75) is 12.8 Å². The second-order valence-electron chi connectivity index (χ2n) is 4.29. The predicted molar refractivity (Wildman–Crippen MR) is 84.9 cm³/mol. The van der Waals surface area contributed by atoms with E-state index in [1.807, 2.05) is 6.07 Å². The Labute approximate surface area is 132 Å². The first kappa shape index (κ1) is 15.2. The monoisotopic (exact) mass is 327 g/mol. The van der Waals surface area contributed by atoms with Crippen molar-refractivity contribution >= 4 is 46.4 Å².